The molecule has 0 aliphatic rings. The van der Waals surface area contributed by atoms with E-state index >= 15 is 0 Å². The third-order valence-electron chi connectivity index (χ3n) is 2.57. The van der Waals surface area contributed by atoms with Crippen molar-refractivity contribution >= 4 is 38.9 Å². The van der Waals surface area contributed by atoms with Crippen LogP contribution in [-0.4, -0.2) is 10.8 Å². The minimum atomic E-state index is -0.549. The molecular weight excluding hydrogens is 326 g/mol. The number of carbonyl (C=O) groups excluding carboxylic acids is 1. The van der Waals surface area contributed by atoms with Gasteiger partial charge in [-0.2, -0.15) is 0 Å². The number of rotatable bonds is 3. The maximum atomic E-state index is 12.1. The molecule has 0 saturated heterocycles. The van der Waals surface area contributed by atoms with Crippen LogP contribution < -0.4 is 11.1 Å². The van der Waals surface area contributed by atoms with Gasteiger partial charge in [-0.25, -0.2) is 0 Å². The molecule has 102 valence electrons. The van der Waals surface area contributed by atoms with Gasteiger partial charge in [0.15, 0.2) is 0 Å². The largest absolute Gasteiger partial charge is 0.399 e. The van der Waals surface area contributed by atoms with Crippen LogP contribution in [0.25, 0.3) is 0 Å². The predicted molar refractivity (Wildman–Crippen MR) is 79.6 cm³/mol. The van der Waals surface area contributed by atoms with Crippen molar-refractivity contribution in [1.29, 1.82) is 0 Å². The van der Waals surface area contributed by atoms with Crippen LogP contribution in [0.3, 0.4) is 0 Å². The molecule has 0 aliphatic carbocycles. The minimum Gasteiger partial charge on any atom is -0.399 e. The second kappa shape index (κ2) is 5.70. The number of nitrogen functional groups attached to an aromatic ring is 1. The second-order valence-electron chi connectivity index (χ2n) is 4.00. The first-order valence-corrected chi connectivity index (χ1v) is 6.37. The number of nitrogens with two attached hydrogens (primary N) is 1. The summed E-state index contributed by atoms with van der Waals surface area (Å²) >= 11 is 3.20. The quantitative estimate of drug-likeness (QED) is 0.511. The summed E-state index contributed by atoms with van der Waals surface area (Å²) in [4.78, 5) is 22.3. The van der Waals surface area contributed by atoms with Gasteiger partial charge in [-0.3, -0.25) is 14.9 Å². The van der Waals surface area contributed by atoms with Crippen molar-refractivity contribution in [2.24, 2.45) is 0 Å². The van der Waals surface area contributed by atoms with E-state index in [4.69, 9.17) is 5.73 Å². The third-order valence-corrected chi connectivity index (χ3v) is 3.27. The molecule has 2 rings (SSSR count). The van der Waals surface area contributed by atoms with Gasteiger partial charge >= 0.3 is 0 Å². The molecule has 0 aliphatic heterocycles. The Morgan fingerprint density at radius 1 is 1.20 bits per heavy atom. The van der Waals surface area contributed by atoms with Crippen LogP contribution in [-0.2, 0) is 0 Å². The number of nitrogens with one attached hydrogen (secondary N) is 1. The Morgan fingerprint density at radius 3 is 2.45 bits per heavy atom. The number of amides is 1. The Kier molecular flexibility index (Phi) is 3.99. The van der Waals surface area contributed by atoms with Gasteiger partial charge in [0, 0.05) is 28.0 Å². The van der Waals surface area contributed by atoms with Crippen molar-refractivity contribution in [3.63, 3.8) is 0 Å². The standard InChI is InChI=1S/C13H10BrN3O3/c14-12-6-5-10(17(19)20)7-11(12)13(18)16-9-3-1-8(15)2-4-9/h1-7H,15H2,(H,16,18). The first kappa shape index (κ1) is 14.0. The molecule has 0 radical (unpaired) electrons. The molecule has 7 heteroatoms. The highest BCUT2D eigenvalue weighted by Crippen LogP contribution is 2.23. The maximum absolute atomic E-state index is 12.1. The number of non-ortho nitro benzene ring substituents is 1. The highest BCUT2D eigenvalue weighted by Gasteiger charge is 2.15. The van der Waals surface area contributed by atoms with Crippen LogP contribution in [0.1, 0.15) is 10.4 Å². The highest BCUT2D eigenvalue weighted by atomic mass is 79.9. The van der Waals surface area contributed by atoms with E-state index < -0.39 is 10.8 Å². The van der Waals surface area contributed by atoms with E-state index in [-0.39, 0.29) is 11.3 Å². The molecule has 2 aromatic rings. The van der Waals surface area contributed by atoms with Gasteiger partial charge in [0.05, 0.1) is 10.5 Å². The van der Waals surface area contributed by atoms with Crippen molar-refractivity contribution in [2.45, 2.75) is 0 Å². The van der Waals surface area contributed by atoms with Gasteiger partial charge in [-0.15, -0.1) is 0 Å². The van der Waals surface area contributed by atoms with Crippen LogP contribution in [0.2, 0.25) is 0 Å². The van der Waals surface area contributed by atoms with E-state index in [0.29, 0.717) is 15.8 Å². The Balaban J connectivity index is 2.26. The normalized spacial score (nSPS) is 10.1. The van der Waals surface area contributed by atoms with Crippen LogP contribution in [0.4, 0.5) is 17.1 Å². The number of nitrogens with zero attached hydrogens (tertiary/aromatic N) is 1. The molecule has 0 bridgehead atoms. The highest BCUT2D eigenvalue weighted by molar-refractivity contribution is 9.10. The van der Waals surface area contributed by atoms with Crippen molar-refractivity contribution in [1.82, 2.24) is 0 Å². The molecule has 3 N–H and O–H groups in total. The van der Waals surface area contributed by atoms with Gasteiger partial charge in [0.25, 0.3) is 11.6 Å². The van der Waals surface area contributed by atoms with Crippen molar-refractivity contribution in [3.05, 3.63) is 62.6 Å². The molecule has 0 heterocycles. The second-order valence-corrected chi connectivity index (χ2v) is 4.85. The van der Waals surface area contributed by atoms with Crippen LogP contribution in [0.5, 0.6) is 0 Å². The number of carbonyl (C=O) groups is 1. The molecule has 6 nitrogen and oxygen atoms in total. The summed E-state index contributed by atoms with van der Waals surface area (Å²) in [5.74, 6) is -0.439. The average Bonchev–Trinajstić information content (AvgIpc) is 2.41. The van der Waals surface area contributed by atoms with Crippen LogP contribution in [0.15, 0.2) is 46.9 Å². The molecule has 1 amide bonds. The molecule has 0 atom stereocenters. The summed E-state index contributed by atoms with van der Waals surface area (Å²) in [5, 5.41) is 13.4. The molecule has 20 heavy (non-hydrogen) atoms. The fourth-order valence-electron chi connectivity index (χ4n) is 1.57. The summed E-state index contributed by atoms with van der Waals surface area (Å²) in [6.07, 6.45) is 0. The first-order chi connectivity index (χ1) is 9.47. The SMILES string of the molecule is Nc1ccc(NC(=O)c2cc([N+](=O)[O-])ccc2Br)cc1. The number of halogens is 1. The van der Waals surface area contributed by atoms with Gasteiger partial charge < -0.3 is 11.1 Å². The molecular formula is C13H10BrN3O3. The van der Waals surface area contributed by atoms with Gasteiger partial charge in [0.2, 0.25) is 0 Å². The Hall–Kier alpha value is -2.41. The summed E-state index contributed by atoms with van der Waals surface area (Å²) < 4.78 is 0.482. The zero-order chi connectivity index (χ0) is 14.7. The Labute approximate surface area is 122 Å². The molecule has 0 unspecified atom stereocenters. The molecule has 0 aromatic heterocycles. The maximum Gasteiger partial charge on any atom is 0.270 e. The first-order valence-electron chi connectivity index (χ1n) is 5.58. The number of anilines is 2. The summed E-state index contributed by atoms with van der Waals surface area (Å²) in [6.45, 7) is 0. The van der Waals surface area contributed by atoms with Crippen molar-refractivity contribution in [3.8, 4) is 0 Å². The lowest BCUT2D eigenvalue weighted by Gasteiger charge is -2.07. The Morgan fingerprint density at radius 2 is 1.85 bits per heavy atom. The lowest BCUT2D eigenvalue weighted by Crippen LogP contribution is -2.13. The molecule has 0 spiro atoms. The smallest absolute Gasteiger partial charge is 0.270 e. The number of benzene rings is 2. The van der Waals surface area contributed by atoms with E-state index in [1.807, 2.05) is 0 Å². The van der Waals surface area contributed by atoms with E-state index in [9.17, 15) is 14.9 Å². The van der Waals surface area contributed by atoms with Crippen LogP contribution in [0, 0.1) is 10.1 Å². The van der Waals surface area contributed by atoms with E-state index in [2.05, 4.69) is 21.2 Å². The lowest BCUT2D eigenvalue weighted by atomic mass is 10.2. The number of nitro groups is 1. The molecule has 0 fully saturated rings. The number of hydrogen-bond acceptors (Lipinski definition) is 4. The summed E-state index contributed by atoms with van der Waals surface area (Å²) in [6, 6.07) is 10.6. The monoisotopic (exact) mass is 335 g/mol. The van der Waals surface area contributed by atoms with Gasteiger partial charge in [-0.05, 0) is 46.3 Å². The topological polar surface area (TPSA) is 98.3 Å². The van der Waals surface area contributed by atoms with Gasteiger partial charge in [-0.1, -0.05) is 0 Å². The van der Waals surface area contributed by atoms with Gasteiger partial charge in [0.1, 0.15) is 0 Å². The predicted octanol–water partition coefficient (Wildman–Crippen LogP) is 3.19. The number of nitro benzene ring substituents is 1. The van der Waals surface area contributed by atoms with E-state index in [1.54, 1.807) is 24.3 Å². The minimum absolute atomic E-state index is 0.143. The summed E-state index contributed by atoms with van der Waals surface area (Å²) in [7, 11) is 0. The number of hydrogen-bond donors (Lipinski definition) is 2. The van der Waals surface area contributed by atoms with E-state index in [0.717, 1.165) is 0 Å². The van der Waals surface area contributed by atoms with E-state index in [1.165, 1.54) is 18.2 Å². The molecule has 2 aromatic carbocycles. The Bertz CT molecular complexity index is 671. The van der Waals surface area contributed by atoms with Crippen LogP contribution >= 0.6 is 15.9 Å². The average molecular weight is 336 g/mol. The lowest BCUT2D eigenvalue weighted by molar-refractivity contribution is -0.384. The fourth-order valence-corrected chi connectivity index (χ4v) is 1.99. The zero-order valence-electron chi connectivity index (χ0n) is 10.2. The third kappa shape index (κ3) is 3.12. The molecule has 0 saturated carbocycles. The fraction of sp³-hybridized carbons (Fsp3) is 0. The van der Waals surface area contributed by atoms with Crippen molar-refractivity contribution < 1.29 is 9.72 Å². The van der Waals surface area contributed by atoms with Crippen molar-refractivity contribution in [2.75, 3.05) is 11.1 Å². The summed E-state index contributed by atoms with van der Waals surface area (Å²) in [5.41, 5.74) is 6.74. The zero-order valence-corrected chi connectivity index (χ0v) is 11.8.